The highest BCUT2D eigenvalue weighted by Crippen LogP contribution is 2.45. The summed E-state index contributed by atoms with van der Waals surface area (Å²) in [6.07, 6.45) is 5.08. The van der Waals surface area contributed by atoms with Gasteiger partial charge in [-0.1, -0.05) is 33.6 Å². The smallest absolute Gasteiger partial charge is 0.310 e. The van der Waals surface area contributed by atoms with E-state index in [-0.39, 0.29) is 5.41 Å². The minimum atomic E-state index is -0.603. The molecule has 3 rings (SSSR count). The number of piperidine rings is 1. The summed E-state index contributed by atoms with van der Waals surface area (Å²) in [7, 11) is 0. The number of rotatable bonds is 5. The molecule has 2 N–H and O–H groups in total. The van der Waals surface area contributed by atoms with Crippen molar-refractivity contribution < 1.29 is 9.90 Å². The van der Waals surface area contributed by atoms with Gasteiger partial charge in [-0.2, -0.15) is 5.10 Å². The molecular formula is C18H29N3O2. The normalized spacial score (nSPS) is 26.4. The van der Waals surface area contributed by atoms with Crippen LogP contribution in [-0.2, 0) is 16.8 Å². The Bertz CT molecular complexity index is 571. The zero-order chi connectivity index (χ0) is 16.7. The van der Waals surface area contributed by atoms with Gasteiger partial charge in [-0.25, -0.2) is 0 Å². The lowest BCUT2D eigenvalue weighted by Gasteiger charge is -2.40. The maximum atomic E-state index is 11.9. The molecular weight excluding hydrogens is 290 g/mol. The molecule has 1 atom stereocenters. The van der Waals surface area contributed by atoms with Crippen molar-refractivity contribution in [2.45, 2.75) is 64.8 Å². The Labute approximate surface area is 138 Å². The Balaban J connectivity index is 1.68. The second-order valence-corrected chi connectivity index (χ2v) is 8.58. The van der Waals surface area contributed by atoms with E-state index in [0.717, 1.165) is 43.7 Å². The number of aromatic amines is 1. The molecule has 2 fully saturated rings. The SMILES string of the molecule is CC(C)(C)c1cc(CN2CCC[C@@](CC3CC3)(C(=O)O)C2)[nH]n1. The molecule has 2 heterocycles. The van der Waals surface area contributed by atoms with Crippen molar-refractivity contribution in [2.24, 2.45) is 11.3 Å². The van der Waals surface area contributed by atoms with Crippen molar-refractivity contribution in [3.05, 3.63) is 17.5 Å². The Morgan fingerprint density at radius 1 is 1.48 bits per heavy atom. The molecule has 0 unspecified atom stereocenters. The summed E-state index contributed by atoms with van der Waals surface area (Å²) in [5.74, 6) is 0.0415. The van der Waals surface area contributed by atoms with Crippen LogP contribution >= 0.6 is 0 Å². The number of carbonyl (C=O) groups is 1. The summed E-state index contributed by atoms with van der Waals surface area (Å²) in [6.45, 7) is 8.87. The minimum absolute atomic E-state index is 0.0352. The standard InChI is InChI=1S/C18H29N3O2/c1-17(2,3)15-9-14(19-20-15)11-21-8-4-7-18(12-21,16(22)23)10-13-5-6-13/h9,13H,4-8,10-12H2,1-3H3,(H,19,20)(H,22,23)/t18-/m0/s1. The summed E-state index contributed by atoms with van der Waals surface area (Å²) in [5, 5.41) is 17.4. The highest BCUT2D eigenvalue weighted by atomic mass is 16.4. The zero-order valence-corrected chi connectivity index (χ0v) is 14.6. The fraction of sp³-hybridized carbons (Fsp3) is 0.778. The second-order valence-electron chi connectivity index (χ2n) is 8.58. The Morgan fingerprint density at radius 2 is 2.22 bits per heavy atom. The predicted molar refractivity (Wildman–Crippen MR) is 89.2 cm³/mol. The quantitative estimate of drug-likeness (QED) is 0.874. The monoisotopic (exact) mass is 319 g/mol. The van der Waals surface area contributed by atoms with Crippen LogP contribution in [0.1, 0.15) is 64.3 Å². The van der Waals surface area contributed by atoms with Crippen LogP contribution < -0.4 is 0 Å². The fourth-order valence-corrected chi connectivity index (χ4v) is 3.73. The third kappa shape index (κ3) is 3.77. The van der Waals surface area contributed by atoms with E-state index in [9.17, 15) is 9.90 Å². The van der Waals surface area contributed by atoms with Crippen LogP contribution in [0.25, 0.3) is 0 Å². The summed E-state index contributed by atoms with van der Waals surface area (Å²) >= 11 is 0. The van der Waals surface area contributed by atoms with Gasteiger partial charge in [-0.05, 0) is 37.8 Å². The molecule has 1 aromatic heterocycles. The number of likely N-dealkylation sites (tertiary alicyclic amines) is 1. The number of aromatic nitrogens is 2. The summed E-state index contributed by atoms with van der Waals surface area (Å²) in [5.41, 5.74) is 1.65. The first-order chi connectivity index (χ1) is 10.8. The first-order valence-electron chi connectivity index (χ1n) is 8.79. The number of hydrogen-bond donors (Lipinski definition) is 2. The number of carboxylic acid groups (broad SMARTS) is 1. The van der Waals surface area contributed by atoms with Crippen molar-refractivity contribution in [1.29, 1.82) is 0 Å². The molecule has 1 aromatic rings. The average molecular weight is 319 g/mol. The van der Waals surface area contributed by atoms with E-state index in [4.69, 9.17) is 0 Å². The van der Waals surface area contributed by atoms with Crippen molar-refractivity contribution >= 4 is 5.97 Å². The van der Waals surface area contributed by atoms with E-state index in [2.05, 4.69) is 41.9 Å². The number of nitrogens with one attached hydrogen (secondary N) is 1. The molecule has 23 heavy (non-hydrogen) atoms. The average Bonchev–Trinajstić information content (AvgIpc) is 3.12. The molecule has 1 saturated heterocycles. The Morgan fingerprint density at radius 3 is 2.78 bits per heavy atom. The summed E-state index contributed by atoms with van der Waals surface area (Å²) in [4.78, 5) is 14.2. The molecule has 1 aliphatic heterocycles. The molecule has 5 heteroatoms. The van der Waals surface area contributed by atoms with Gasteiger partial charge >= 0.3 is 5.97 Å². The van der Waals surface area contributed by atoms with E-state index in [1.807, 2.05) is 0 Å². The highest BCUT2D eigenvalue weighted by molar-refractivity contribution is 5.75. The number of carboxylic acids is 1. The molecule has 0 amide bonds. The van der Waals surface area contributed by atoms with Gasteiger partial charge in [0.2, 0.25) is 0 Å². The van der Waals surface area contributed by atoms with Crippen LogP contribution in [0.5, 0.6) is 0 Å². The molecule has 0 radical (unpaired) electrons. The molecule has 5 nitrogen and oxygen atoms in total. The van der Waals surface area contributed by atoms with Gasteiger partial charge in [-0.15, -0.1) is 0 Å². The topological polar surface area (TPSA) is 69.2 Å². The van der Waals surface area contributed by atoms with Crippen LogP contribution in [-0.4, -0.2) is 39.3 Å². The lowest BCUT2D eigenvalue weighted by Crippen LogP contribution is -2.47. The predicted octanol–water partition coefficient (Wildman–Crippen LogP) is 3.17. The Hall–Kier alpha value is -1.36. The first kappa shape index (κ1) is 16.5. The molecule has 0 bridgehead atoms. The lowest BCUT2D eigenvalue weighted by atomic mass is 9.75. The van der Waals surface area contributed by atoms with Crippen LogP contribution in [0.4, 0.5) is 0 Å². The van der Waals surface area contributed by atoms with E-state index in [1.54, 1.807) is 0 Å². The van der Waals surface area contributed by atoms with Gasteiger partial charge < -0.3 is 5.11 Å². The molecule has 1 aliphatic carbocycles. The lowest BCUT2D eigenvalue weighted by molar-refractivity contribution is -0.153. The first-order valence-corrected chi connectivity index (χ1v) is 8.79. The van der Waals surface area contributed by atoms with Crippen molar-refractivity contribution in [1.82, 2.24) is 15.1 Å². The third-order valence-electron chi connectivity index (χ3n) is 5.28. The number of aliphatic carboxylic acids is 1. The number of nitrogens with zero attached hydrogens (tertiary/aromatic N) is 2. The molecule has 0 spiro atoms. The van der Waals surface area contributed by atoms with Crippen molar-refractivity contribution in [3.63, 3.8) is 0 Å². The second kappa shape index (κ2) is 5.93. The number of H-pyrrole nitrogens is 1. The molecule has 0 aromatic carbocycles. The molecule has 2 aliphatic rings. The maximum absolute atomic E-state index is 11.9. The molecule has 1 saturated carbocycles. The van der Waals surface area contributed by atoms with Gasteiger partial charge in [-0.3, -0.25) is 14.8 Å². The van der Waals surface area contributed by atoms with E-state index < -0.39 is 11.4 Å². The summed E-state index contributed by atoms with van der Waals surface area (Å²) < 4.78 is 0. The number of hydrogen-bond acceptors (Lipinski definition) is 3. The van der Waals surface area contributed by atoms with E-state index in [0.29, 0.717) is 12.5 Å². The van der Waals surface area contributed by atoms with Gasteiger partial charge in [0, 0.05) is 24.2 Å². The summed E-state index contributed by atoms with van der Waals surface area (Å²) in [6, 6.07) is 2.12. The van der Waals surface area contributed by atoms with Crippen LogP contribution in [0.2, 0.25) is 0 Å². The molecule has 128 valence electrons. The van der Waals surface area contributed by atoms with Crippen LogP contribution in [0, 0.1) is 11.3 Å². The van der Waals surface area contributed by atoms with Gasteiger partial charge in [0.15, 0.2) is 0 Å². The highest BCUT2D eigenvalue weighted by Gasteiger charge is 2.45. The zero-order valence-electron chi connectivity index (χ0n) is 14.6. The van der Waals surface area contributed by atoms with Gasteiger partial charge in [0.25, 0.3) is 0 Å². The largest absolute Gasteiger partial charge is 0.481 e. The van der Waals surface area contributed by atoms with Crippen LogP contribution in [0.15, 0.2) is 6.07 Å². The maximum Gasteiger partial charge on any atom is 0.310 e. The third-order valence-corrected chi connectivity index (χ3v) is 5.28. The Kier molecular flexibility index (Phi) is 4.25. The van der Waals surface area contributed by atoms with E-state index >= 15 is 0 Å². The van der Waals surface area contributed by atoms with Crippen LogP contribution in [0.3, 0.4) is 0 Å². The van der Waals surface area contributed by atoms with Gasteiger partial charge in [0.05, 0.1) is 11.1 Å². The van der Waals surface area contributed by atoms with E-state index in [1.165, 1.54) is 12.8 Å². The minimum Gasteiger partial charge on any atom is -0.481 e. The van der Waals surface area contributed by atoms with Gasteiger partial charge in [0.1, 0.15) is 0 Å². The van der Waals surface area contributed by atoms with Crippen molar-refractivity contribution in [2.75, 3.05) is 13.1 Å². The fourth-order valence-electron chi connectivity index (χ4n) is 3.73. The van der Waals surface area contributed by atoms with Crippen molar-refractivity contribution in [3.8, 4) is 0 Å².